The molecule has 3 aromatic rings. The molecule has 0 fully saturated rings. The molecule has 0 radical (unpaired) electrons. The van der Waals surface area contributed by atoms with Crippen molar-refractivity contribution < 1.29 is 0 Å². The van der Waals surface area contributed by atoms with Crippen molar-refractivity contribution in [1.82, 2.24) is 5.32 Å². The van der Waals surface area contributed by atoms with Gasteiger partial charge in [-0.2, -0.15) is 0 Å². The van der Waals surface area contributed by atoms with Crippen LogP contribution in [0.3, 0.4) is 0 Å². The molecule has 1 aliphatic rings. The van der Waals surface area contributed by atoms with E-state index in [2.05, 4.69) is 53.8 Å². The monoisotopic (exact) mass is 274 g/mol. The standard InChI is InChI=1S/C19H18N2/c20-15-6-3-5-14(12-15)19-18-9-8-13-4-1-2-7-16(13)17(18)10-11-21-19/h1-9,12,19,21H,10-11,20H2. The first-order valence-electron chi connectivity index (χ1n) is 7.42. The Bertz CT molecular complexity index is 808. The van der Waals surface area contributed by atoms with Gasteiger partial charge in [-0.05, 0) is 46.0 Å². The number of hydrogen-bond donors (Lipinski definition) is 2. The lowest BCUT2D eigenvalue weighted by atomic mass is 9.86. The summed E-state index contributed by atoms with van der Waals surface area (Å²) in [7, 11) is 0. The molecule has 104 valence electrons. The van der Waals surface area contributed by atoms with E-state index in [1.54, 1.807) is 0 Å². The van der Waals surface area contributed by atoms with E-state index >= 15 is 0 Å². The highest BCUT2D eigenvalue weighted by molar-refractivity contribution is 5.87. The normalized spacial score (nSPS) is 17.6. The van der Waals surface area contributed by atoms with E-state index in [0.717, 1.165) is 18.7 Å². The topological polar surface area (TPSA) is 38.0 Å². The number of nitrogens with two attached hydrogens (primary N) is 1. The number of nitrogens with one attached hydrogen (secondary N) is 1. The smallest absolute Gasteiger partial charge is 0.0580 e. The summed E-state index contributed by atoms with van der Waals surface area (Å²) in [5.74, 6) is 0. The van der Waals surface area contributed by atoms with Crippen LogP contribution < -0.4 is 11.1 Å². The Morgan fingerprint density at radius 3 is 2.76 bits per heavy atom. The minimum atomic E-state index is 0.238. The maximum Gasteiger partial charge on any atom is 0.0580 e. The summed E-state index contributed by atoms with van der Waals surface area (Å²) >= 11 is 0. The fraction of sp³-hybridized carbons (Fsp3) is 0.158. The average molecular weight is 274 g/mol. The summed E-state index contributed by atoms with van der Waals surface area (Å²) in [6.45, 7) is 1.00. The Morgan fingerprint density at radius 1 is 0.952 bits per heavy atom. The summed E-state index contributed by atoms with van der Waals surface area (Å²) in [5, 5.41) is 6.33. The first kappa shape index (κ1) is 12.4. The summed E-state index contributed by atoms with van der Waals surface area (Å²) in [4.78, 5) is 0. The highest BCUT2D eigenvalue weighted by Crippen LogP contribution is 2.33. The minimum Gasteiger partial charge on any atom is -0.399 e. The van der Waals surface area contributed by atoms with Crippen molar-refractivity contribution in [3.63, 3.8) is 0 Å². The molecule has 21 heavy (non-hydrogen) atoms. The molecule has 1 atom stereocenters. The van der Waals surface area contributed by atoms with Gasteiger partial charge < -0.3 is 11.1 Å². The molecule has 2 nitrogen and oxygen atoms in total. The predicted octanol–water partition coefficient (Wildman–Crippen LogP) is 3.66. The number of nitrogen functional groups attached to an aromatic ring is 1. The zero-order chi connectivity index (χ0) is 14.2. The Morgan fingerprint density at radius 2 is 1.86 bits per heavy atom. The highest BCUT2D eigenvalue weighted by Gasteiger charge is 2.22. The van der Waals surface area contributed by atoms with Crippen LogP contribution >= 0.6 is 0 Å². The van der Waals surface area contributed by atoms with Crippen molar-refractivity contribution in [2.45, 2.75) is 12.5 Å². The van der Waals surface area contributed by atoms with Crippen LogP contribution in [0.25, 0.3) is 10.8 Å². The van der Waals surface area contributed by atoms with Crippen LogP contribution in [0.2, 0.25) is 0 Å². The van der Waals surface area contributed by atoms with Gasteiger partial charge in [0.1, 0.15) is 0 Å². The van der Waals surface area contributed by atoms with Crippen LogP contribution in [0.4, 0.5) is 5.69 Å². The molecular weight excluding hydrogens is 256 g/mol. The van der Waals surface area contributed by atoms with Crippen molar-refractivity contribution in [2.75, 3.05) is 12.3 Å². The third-order valence-electron chi connectivity index (χ3n) is 4.36. The van der Waals surface area contributed by atoms with Gasteiger partial charge in [-0.25, -0.2) is 0 Å². The Kier molecular flexibility index (Phi) is 2.90. The molecule has 0 aliphatic carbocycles. The van der Waals surface area contributed by atoms with E-state index in [9.17, 15) is 0 Å². The second kappa shape index (κ2) is 4.90. The maximum atomic E-state index is 5.95. The Balaban J connectivity index is 1.90. The van der Waals surface area contributed by atoms with Gasteiger partial charge in [0.25, 0.3) is 0 Å². The molecule has 2 heteroatoms. The SMILES string of the molecule is Nc1cccc(C2NCCc3c2ccc2ccccc32)c1. The van der Waals surface area contributed by atoms with Crippen molar-refractivity contribution in [3.8, 4) is 0 Å². The quantitative estimate of drug-likeness (QED) is 0.665. The van der Waals surface area contributed by atoms with E-state index in [1.165, 1.54) is 27.5 Å². The lowest BCUT2D eigenvalue weighted by Crippen LogP contribution is -2.30. The van der Waals surface area contributed by atoms with Gasteiger partial charge in [0, 0.05) is 12.2 Å². The van der Waals surface area contributed by atoms with Gasteiger partial charge in [-0.1, -0.05) is 48.5 Å². The first-order chi connectivity index (χ1) is 10.3. The third kappa shape index (κ3) is 2.08. The number of hydrogen-bond acceptors (Lipinski definition) is 2. The van der Waals surface area contributed by atoms with Gasteiger partial charge in [0.2, 0.25) is 0 Å². The van der Waals surface area contributed by atoms with Gasteiger partial charge >= 0.3 is 0 Å². The molecule has 0 saturated heterocycles. The molecule has 0 saturated carbocycles. The van der Waals surface area contributed by atoms with Crippen molar-refractivity contribution in [1.29, 1.82) is 0 Å². The Hall–Kier alpha value is -2.32. The summed E-state index contributed by atoms with van der Waals surface area (Å²) in [5.41, 5.74) is 10.9. The summed E-state index contributed by atoms with van der Waals surface area (Å²) < 4.78 is 0. The minimum absolute atomic E-state index is 0.238. The van der Waals surface area contributed by atoms with Crippen molar-refractivity contribution >= 4 is 16.5 Å². The van der Waals surface area contributed by atoms with E-state index in [0.29, 0.717) is 0 Å². The van der Waals surface area contributed by atoms with Gasteiger partial charge in [-0.3, -0.25) is 0 Å². The molecule has 0 aromatic heterocycles. The van der Waals surface area contributed by atoms with E-state index in [1.807, 2.05) is 12.1 Å². The van der Waals surface area contributed by atoms with Crippen molar-refractivity contribution in [2.24, 2.45) is 0 Å². The number of benzene rings is 3. The largest absolute Gasteiger partial charge is 0.399 e. The molecule has 3 N–H and O–H groups in total. The molecule has 0 bridgehead atoms. The highest BCUT2D eigenvalue weighted by atomic mass is 14.9. The predicted molar refractivity (Wildman–Crippen MR) is 88.4 cm³/mol. The van der Waals surface area contributed by atoms with E-state index in [-0.39, 0.29) is 6.04 Å². The van der Waals surface area contributed by atoms with Gasteiger partial charge in [0.05, 0.1) is 6.04 Å². The average Bonchev–Trinajstić information content (AvgIpc) is 2.54. The molecule has 1 aliphatic heterocycles. The summed E-state index contributed by atoms with van der Waals surface area (Å²) in [6, 6.07) is 21.6. The first-order valence-corrected chi connectivity index (χ1v) is 7.42. The number of rotatable bonds is 1. The van der Waals surface area contributed by atoms with Crippen LogP contribution in [0, 0.1) is 0 Å². The number of fused-ring (bicyclic) bond motifs is 3. The van der Waals surface area contributed by atoms with E-state index in [4.69, 9.17) is 5.73 Å². The zero-order valence-corrected chi connectivity index (χ0v) is 11.8. The number of anilines is 1. The fourth-order valence-corrected chi connectivity index (χ4v) is 3.39. The molecule has 0 spiro atoms. The van der Waals surface area contributed by atoms with Gasteiger partial charge in [-0.15, -0.1) is 0 Å². The molecule has 1 heterocycles. The fourth-order valence-electron chi connectivity index (χ4n) is 3.39. The lowest BCUT2D eigenvalue weighted by Gasteiger charge is -2.28. The summed E-state index contributed by atoms with van der Waals surface area (Å²) in [6.07, 6.45) is 1.08. The molecular formula is C19H18N2. The second-order valence-corrected chi connectivity index (χ2v) is 5.66. The molecule has 0 amide bonds. The van der Waals surface area contributed by atoms with Crippen LogP contribution in [-0.4, -0.2) is 6.54 Å². The molecule has 4 rings (SSSR count). The van der Waals surface area contributed by atoms with Gasteiger partial charge in [0.15, 0.2) is 0 Å². The lowest BCUT2D eigenvalue weighted by molar-refractivity contribution is 0.570. The third-order valence-corrected chi connectivity index (χ3v) is 4.36. The van der Waals surface area contributed by atoms with Crippen molar-refractivity contribution in [3.05, 3.63) is 77.4 Å². The zero-order valence-electron chi connectivity index (χ0n) is 11.8. The molecule has 3 aromatic carbocycles. The van der Waals surface area contributed by atoms with Crippen LogP contribution in [0.5, 0.6) is 0 Å². The van der Waals surface area contributed by atoms with E-state index < -0.39 is 0 Å². The maximum absolute atomic E-state index is 5.95. The molecule has 1 unspecified atom stereocenters. The van der Waals surface area contributed by atoms with Crippen LogP contribution in [-0.2, 0) is 6.42 Å². The Labute approximate surface area is 124 Å². The van der Waals surface area contributed by atoms with Crippen LogP contribution in [0.15, 0.2) is 60.7 Å². The second-order valence-electron chi connectivity index (χ2n) is 5.66. The van der Waals surface area contributed by atoms with Crippen LogP contribution in [0.1, 0.15) is 22.7 Å².